The lowest BCUT2D eigenvalue weighted by Crippen LogP contribution is -2.14. The maximum Gasteiger partial charge on any atom is 0.241 e. The number of nitrogens with zero attached hydrogens (tertiary/aromatic N) is 1. The first-order valence-electron chi connectivity index (χ1n) is 7.65. The smallest absolute Gasteiger partial charge is 0.241 e. The van der Waals surface area contributed by atoms with Gasteiger partial charge in [0.15, 0.2) is 0 Å². The fourth-order valence-corrected chi connectivity index (χ4v) is 3.31. The van der Waals surface area contributed by atoms with Gasteiger partial charge in [-0.1, -0.05) is 17.3 Å². The number of hydrogen-bond acceptors (Lipinski definition) is 4. The maximum atomic E-state index is 14.6. The predicted molar refractivity (Wildman–Crippen MR) is 92.9 cm³/mol. The normalized spacial score (nSPS) is 11.8. The molecule has 0 aliphatic carbocycles. The van der Waals surface area contributed by atoms with Gasteiger partial charge in [0.25, 0.3) is 0 Å². The molecule has 2 aromatic carbocycles. The van der Waals surface area contributed by atoms with Gasteiger partial charge in [-0.2, -0.15) is 0 Å². The largest absolute Gasteiger partial charge is 0.360 e. The van der Waals surface area contributed by atoms with Crippen LogP contribution >= 0.6 is 0 Å². The van der Waals surface area contributed by atoms with Crippen LogP contribution in [0.15, 0.2) is 39.8 Å². The molecule has 0 atom stereocenters. The highest BCUT2D eigenvalue weighted by molar-refractivity contribution is 7.89. The molecule has 2 N–H and O–H groups in total. The van der Waals surface area contributed by atoms with Crippen molar-refractivity contribution >= 4 is 10.0 Å². The van der Waals surface area contributed by atoms with Gasteiger partial charge >= 0.3 is 0 Å². The quantitative estimate of drug-likeness (QED) is 0.750. The molecule has 0 aliphatic rings. The summed E-state index contributed by atoms with van der Waals surface area (Å²) in [6.07, 6.45) is 0. The molecule has 3 aromatic rings. The Morgan fingerprint density at radius 2 is 1.69 bits per heavy atom. The Labute approximate surface area is 149 Å². The summed E-state index contributed by atoms with van der Waals surface area (Å²) in [7, 11) is -4.38. The van der Waals surface area contributed by atoms with Crippen LogP contribution in [0.1, 0.15) is 16.9 Å². The Kier molecular flexibility index (Phi) is 4.41. The molecular weight excluding hydrogens is 362 g/mol. The zero-order valence-corrected chi connectivity index (χ0v) is 15.1. The zero-order chi connectivity index (χ0) is 19.2. The number of sulfonamides is 1. The van der Waals surface area contributed by atoms with Gasteiger partial charge in [-0.05, 0) is 50.1 Å². The van der Waals surface area contributed by atoms with E-state index in [4.69, 9.17) is 9.66 Å². The molecule has 136 valence electrons. The van der Waals surface area contributed by atoms with Crippen LogP contribution in [0.4, 0.5) is 8.78 Å². The van der Waals surface area contributed by atoms with E-state index in [1.165, 1.54) is 0 Å². The van der Waals surface area contributed by atoms with Crippen molar-refractivity contribution in [1.29, 1.82) is 0 Å². The molecule has 3 rings (SSSR count). The summed E-state index contributed by atoms with van der Waals surface area (Å²) in [5.41, 5.74) is 3.20. The number of rotatable bonds is 3. The van der Waals surface area contributed by atoms with E-state index in [2.05, 4.69) is 5.16 Å². The van der Waals surface area contributed by atoms with Crippen LogP contribution in [0.3, 0.4) is 0 Å². The minimum atomic E-state index is -4.38. The molecule has 0 saturated heterocycles. The molecule has 0 spiro atoms. The fraction of sp³-hybridized carbons (Fsp3) is 0.167. The van der Waals surface area contributed by atoms with Crippen molar-refractivity contribution in [3.63, 3.8) is 0 Å². The second kappa shape index (κ2) is 6.30. The summed E-state index contributed by atoms with van der Waals surface area (Å²) in [6, 6.07) is 6.91. The number of primary sulfonamides is 1. The molecule has 5 nitrogen and oxygen atoms in total. The molecule has 0 fully saturated rings. The Balaban J connectivity index is 2.24. The first-order chi connectivity index (χ1) is 12.1. The van der Waals surface area contributed by atoms with Crippen molar-refractivity contribution in [2.75, 3.05) is 0 Å². The van der Waals surface area contributed by atoms with Gasteiger partial charge in [0.1, 0.15) is 28.0 Å². The number of aryl methyl sites for hydroxylation is 3. The van der Waals surface area contributed by atoms with E-state index >= 15 is 0 Å². The lowest BCUT2D eigenvalue weighted by molar-refractivity contribution is 0.400. The molecule has 0 bridgehead atoms. The maximum absolute atomic E-state index is 14.6. The Morgan fingerprint density at radius 1 is 1.00 bits per heavy atom. The van der Waals surface area contributed by atoms with Crippen molar-refractivity contribution in [2.24, 2.45) is 5.14 Å². The van der Waals surface area contributed by atoms with Gasteiger partial charge in [-0.15, -0.1) is 0 Å². The molecular formula is C18H16F2N2O3S. The number of halogens is 2. The van der Waals surface area contributed by atoms with Gasteiger partial charge in [0, 0.05) is 11.1 Å². The number of nitrogens with two attached hydrogens (primary N) is 1. The molecule has 0 aliphatic heterocycles. The van der Waals surface area contributed by atoms with Crippen molar-refractivity contribution in [3.05, 3.63) is 58.9 Å². The van der Waals surface area contributed by atoms with Crippen molar-refractivity contribution in [1.82, 2.24) is 5.16 Å². The third-order valence-electron chi connectivity index (χ3n) is 4.24. The second-order valence-electron chi connectivity index (χ2n) is 6.07. The fourth-order valence-electron chi connectivity index (χ4n) is 2.71. The zero-order valence-electron chi connectivity index (χ0n) is 14.3. The van der Waals surface area contributed by atoms with E-state index in [0.29, 0.717) is 17.3 Å². The average Bonchev–Trinajstić information content (AvgIpc) is 2.92. The molecule has 0 amide bonds. The summed E-state index contributed by atoms with van der Waals surface area (Å²) in [6.45, 7) is 5.44. The van der Waals surface area contributed by atoms with Crippen LogP contribution in [0.25, 0.3) is 22.4 Å². The molecule has 1 heterocycles. The standard InChI is InChI=1S/C18H16F2N2O3S/c1-9-4-5-12(6-10(9)2)18-17(11(3)25-22-18)13-7-15(20)16(8-14(13)19)26(21,23)24/h4-8H,1-3H3,(H2,21,23,24). The van der Waals surface area contributed by atoms with E-state index in [0.717, 1.165) is 17.2 Å². The summed E-state index contributed by atoms with van der Waals surface area (Å²) in [4.78, 5) is -0.902. The van der Waals surface area contributed by atoms with Gasteiger partial charge in [0.05, 0.1) is 5.56 Å². The van der Waals surface area contributed by atoms with E-state index in [1.54, 1.807) is 13.0 Å². The predicted octanol–water partition coefficient (Wildman–Crippen LogP) is 3.86. The minimum Gasteiger partial charge on any atom is -0.360 e. The first-order valence-corrected chi connectivity index (χ1v) is 9.20. The van der Waals surface area contributed by atoms with Crippen molar-refractivity contribution < 1.29 is 21.7 Å². The van der Waals surface area contributed by atoms with Crippen LogP contribution in [0, 0.1) is 32.4 Å². The van der Waals surface area contributed by atoms with Crippen LogP contribution < -0.4 is 5.14 Å². The van der Waals surface area contributed by atoms with E-state index in [9.17, 15) is 17.2 Å². The number of aromatic nitrogens is 1. The lowest BCUT2D eigenvalue weighted by Gasteiger charge is -2.09. The highest BCUT2D eigenvalue weighted by Crippen LogP contribution is 2.37. The van der Waals surface area contributed by atoms with E-state index in [-0.39, 0.29) is 16.9 Å². The highest BCUT2D eigenvalue weighted by atomic mass is 32.2. The van der Waals surface area contributed by atoms with Crippen LogP contribution in [-0.2, 0) is 10.0 Å². The molecule has 26 heavy (non-hydrogen) atoms. The second-order valence-corrected chi connectivity index (χ2v) is 7.60. The molecule has 0 unspecified atom stereocenters. The summed E-state index contributed by atoms with van der Waals surface area (Å²) in [5, 5.41) is 8.88. The van der Waals surface area contributed by atoms with E-state index < -0.39 is 26.6 Å². The Hall–Kier alpha value is -2.58. The summed E-state index contributed by atoms with van der Waals surface area (Å²) >= 11 is 0. The average molecular weight is 378 g/mol. The van der Waals surface area contributed by atoms with E-state index in [1.807, 2.05) is 26.0 Å². The summed E-state index contributed by atoms with van der Waals surface area (Å²) in [5.74, 6) is -1.80. The summed E-state index contributed by atoms with van der Waals surface area (Å²) < 4.78 is 56.7. The topological polar surface area (TPSA) is 86.2 Å². The van der Waals surface area contributed by atoms with Crippen molar-refractivity contribution in [3.8, 4) is 22.4 Å². The number of hydrogen-bond donors (Lipinski definition) is 1. The van der Waals surface area contributed by atoms with Crippen molar-refractivity contribution in [2.45, 2.75) is 25.7 Å². The monoisotopic (exact) mass is 378 g/mol. The van der Waals surface area contributed by atoms with Crippen LogP contribution in [0.2, 0.25) is 0 Å². The van der Waals surface area contributed by atoms with Gasteiger partial charge in [-0.25, -0.2) is 22.3 Å². The van der Waals surface area contributed by atoms with Crippen LogP contribution in [-0.4, -0.2) is 13.6 Å². The third-order valence-corrected chi connectivity index (χ3v) is 5.17. The molecule has 0 saturated carbocycles. The Morgan fingerprint density at radius 3 is 2.31 bits per heavy atom. The van der Waals surface area contributed by atoms with Gasteiger partial charge in [0.2, 0.25) is 10.0 Å². The molecule has 8 heteroatoms. The van der Waals surface area contributed by atoms with Gasteiger partial charge < -0.3 is 4.52 Å². The molecule has 0 radical (unpaired) electrons. The number of benzene rings is 2. The Bertz CT molecular complexity index is 1120. The minimum absolute atomic E-state index is 0.151. The lowest BCUT2D eigenvalue weighted by atomic mass is 9.97. The third kappa shape index (κ3) is 3.13. The molecule has 1 aromatic heterocycles. The SMILES string of the molecule is Cc1ccc(-c2noc(C)c2-c2cc(F)c(S(N)(=O)=O)cc2F)cc1C. The van der Waals surface area contributed by atoms with Crippen LogP contribution in [0.5, 0.6) is 0 Å². The first kappa shape index (κ1) is 18.2. The highest BCUT2D eigenvalue weighted by Gasteiger charge is 2.24. The van der Waals surface area contributed by atoms with Gasteiger partial charge in [-0.3, -0.25) is 0 Å².